The molecular formula is C20H19N5OS. The van der Waals surface area contributed by atoms with Gasteiger partial charge >= 0.3 is 0 Å². The molecule has 2 N–H and O–H groups in total. The van der Waals surface area contributed by atoms with E-state index >= 15 is 0 Å². The van der Waals surface area contributed by atoms with Crippen molar-refractivity contribution in [2.75, 3.05) is 5.75 Å². The average molecular weight is 377 g/mol. The first-order valence-electron chi connectivity index (χ1n) is 8.66. The maximum absolute atomic E-state index is 12.1. The van der Waals surface area contributed by atoms with Crippen LogP contribution in [-0.4, -0.2) is 31.8 Å². The standard InChI is InChI=1S/C20H19N5OS/c1-12-3-6-14(7-4-12)10-21-17(26)11-27-20-23-19-18(24-25-20)15-9-13(2)5-8-16(15)22-19/h3-9H,10-11H2,1-2H3,(H,21,26)(H,22,23,25). The van der Waals surface area contributed by atoms with Crippen LogP contribution in [0.5, 0.6) is 0 Å². The summed E-state index contributed by atoms with van der Waals surface area (Å²) in [6.45, 7) is 4.59. The fourth-order valence-electron chi connectivity index (χ4n) is 2.82. The first-order valence-corrected chi connectivity index (χ1v) is 9.65. The maximum atomic E-state index is 12.1. The number of aromatic nitrogens is 4. The zero-order valence-electron chi connectivity index (χ0n) is 15.1. The van der Waals surface area contributed by atoms with Gasteiger partial charge in [0, 0.05) is 17.4 Å². The summed E-state index contributed by atoms with van der Waals surface area (Å²) in [5.41, 5.74) is 5.86. The molecule has 0 saturated carbocycles. The zero-order valence-corrected chi connectivity index (χ0v) is 15.9. The molecule has 6 nitrogen and oxygen atoms in total. The summed E-state index contributed by atoms with van der Waals surface area (Å²) >= 11 is 1.28. The normalized spacial score (nSPS) is 11.2. The third kappa shape index (κ3) is 3.93. The molecule has 0 aliphatic heterocycles. The molecule has 0 unspecified atom stereocenters. The number of rotatable bonds is 5. The molecule has 0 aliphatic rings. The Morgan fingerprint density at radius 3 is 2.67 bits per heavy atom. The molecule has 7 heteroatoms. The second-order valence-electron chi connectivity index (χ2n) is 6.52. The SMILES string of the molecule is Cc1ccc(CNC(=O)CSc2nnc3c(n2)[nH]c2ccc(C)cc23)cc1. The Kier molecular flexibility index (Phi) is 4.77. The van der Waals surface area contributed by atoms with Crippen molar-refractivity contribution in [3.05, 3.63) is 59.2 Å². The molecule has 4 rings (SSSR count). The second-order valence-corrected chi connectivity index (χ2v) is 7.46. The van der Waals surface area contributed by atoms with E-state index in [1.807, 2.05) is 50.2 Å². The van der Waals surface area contributed by atoms with Gasteiger partial charge in [0.05, 0.1) is 5.75 Å². The van der Waals surface area contributed by atoms with Gasteiger partial charge < -0.3 is 10.3 Å². The van der Waals surface area contributed by atoms with E-state index in [0.29, 0.717) is 17.3 Å². The lowest BCUT2D eigenvalue weighted by atomic mass is 10.1. The van der Waals surface area contributed by atoms with Gasteiger partial charge in [-0.25, -0.2) is 4.98 Å². The highest BCUT2D eigenvalue weighted by molar-refractivity contribution is 7.99. The van der Waals surface area contributed by atoms with E-state index in [1.54, 1.807) is 0 Å². The lowest BCUT2D eigenvalue weighted by Gasteiger charge is -2.05. The van der Waals surface area contributed by atoms with Gasteiger partial charge in [-0.1, -0.05) is 53.2 Å². The minimum atomic E-state index is -0.0588. The number of nitrogens with zero attached hydrogens (tertiary/aromatic N) is 3. The molecule has 0 bridgehead atoms. The Labute approximate surface area is 160 Å². The second kappa shape index (κ2) is 7.36. The van der Waals surface area contributed by atoms with Crippen LogP contribution in [0.25, 0.3) is 22.1 Å². The van der Waals surface area contributed by atoms with Crippen molar-refractivity contribution in [1.82, 2.24) is 25.5 Å². The summed E-state index contributed by atoms with van der Waals surface area (Å²) in [6, 6.07) is 14.2. The number of carbonyl (C=O) groups excluding carboxylic acids is 1. The van der Waals surface area contributed by atoms with Crippen molar-refractivity contribution in [3.8, 4) is 0 Å². The van der Waals surface area contributed by atoms with Crippen LogP contribution >= 0.6 is 11.8 Å². The third-order valence-electron chi connectivity index (χ3n) is 4.29. The first-order chi connectivity index (χ1) is 13.1. The van der Waals surface area contributed by atoms with E-state index in [2.05, 4.69) is 31.5 Å². The summed E-state index contributed by atoms with van der Waals surface area (Å²) < 4.78 is 0. The molecule has 0 aliphatic carbocycles. The highest BCUT2D eigenvalue weighted by Crippen LogP contribution is 2.24. The highest BCUT2D eigenvalue weighted by Gasteiger charge is 2.11. The molecule has 0 atom stereocenters. The summed E-state index contributed by atoms with van der Waals surface area (Å²) in [6.07, 6.45) is 0. The number of amides is 1. The van der Waals surface area contributed by atoms with Gasteiger partial charge in [0.1, 0.15) is 5.52 Å². The fourth-order valence-corrected chi connectivity index (χ4v) is 3.44. The molecule has 136 valence electrons. The van der Waals surface area contributed by atoms with Gasteiger partial charge in [-0.05, 0) is 31.5 Å². The Hall–Kier alpha value is -2.93. The number of hydrogen-bond donors (Lipinski definition) is 2. The van der Waals surface area contributed by atoms with Crippen LogP contribution in [0, 0.1) is 13.8 Å². The minimum absolute atomic E-state index is 0.0588. The molecule has 0 spiro atoms. The molecule has 2 aromatic carbocycles. The van der Waals surface area contributed by atoms with E-state index in [0.717, 1.165) is 27.5 Å². The predicted molar refractivity (Wildman–Crippen MR) is 108 cm³/mol. The van der Waals surface area contributed by atoms with Crippen LogP contribution in [0.15, 0.2) is 47.6 Å². The minimum Gasteiger partial charge on any atom is -0.351 e. The highest BCUT2D eigenvalue weighted by atomic mass is 32.2. The predicted octanol–water partition coefficient (Wildman–Crippen LogP) is 3.53. The summed E-state index contributed by atoms with van der Waals surface area (Å²) in [5.74, 6) is 0.190. The Morgan fingerprint density at radius 2 is 1.85 bits per heavy atom. The monoisotopic (exact) mass is 377 g/mol. The third-order valence-corrected chi connectivity index (χ3v) is 5.13. The quantitative estimate of drug-likeness (QED) is 0.520. The number of benzene rings is 2. The number of aryl methyl sites for hydroxylation is 2. The van der Waals surface area contributed by atoms with Crippen molar-refractivity contribution in [1.29, 1.82) is 0 Å². The van der Waals surface area contributed by atoms with Crippen LogP contribution in [0.4, 0.5) is 0 Å². The summed E-state index contributed by atoms with van der Waals surface area (Å²) in [5, 5.41) is 12.9. The van der Waals surface area contributed by atoms with E-state index in [1.165, 1.54) is 17.3 Å². The van der Waals surface area contributed by atoms with Gasteiger partial charge in [-0.15, -0.1) is 10.2 Å². The van der Waals surface area contributed by atoms with Gasteiger partial charge in [-0.2, -0.15) is 0 Å². The van der Waals surface area contributed by atoms with Crippen molar-refractivity contribution >= 4 is 39.7 Å². The summed E-state index contributed by atoms with van der Waals surface area (Å²) in [4.78, 5) is 19.8. The zero-order chi connectivity index (χ0) is 18.8. The number of hydrogen-bond acceptors (Lipinski definition) is 5. The smallest absolute Gasteiger partial charge is 0.230 e. The van der Waals surface area contributed by atoms with Crippen LogP contribution < -0.4 is 5.32 Å². The number of fused-ring (bicyclic) bond motifs is 3. The molecule has 1 amide bonds. The van der Waals surface area contributed by atoms with E-state index < -0.39 is 0 Å². The lowest BCUT2D eigenvalue weighted by molar-refractivity contribution is -0.118. The van der Waals surface area contributed by atoms with Gasteiger partial charge in [0.15, 0.2) is 5.65 Å². The number of carbonyl (C=O) groups is 1. The Balaban J connectivity index is 1.40. The van der Waals surface area contributed by atoms with Gasteiger partial charge in [0.2, 0.25) is 11.1 Å². The van der Waals surface area contributed by atoms with Crippen molar-refractivity contribution < 1.29 is 4.79 Å². The molecule has 0 saturated heterocycles. The lowest BCUT2D eigenvalue weighted by Crippen LogP contribution is -2.24. The molecule has 0 fully saturated rings. The van der Waals surface area contributed by atoms with Crippen molar-refractivity contribution in [2.45, 2.75) is 25.5 Å². The number of H-pyrrole nitrogens is 1. The van der Waals surface area contributed by atoms with E-state index in [-0.39, 0.29) is 11.7 Å². The molecule has 0 radical (unpaired) electrons. The fraction of sp³-hybridized carbons (Fsp3) is 0.200. The van der Waals surface area contributed by atoms with Crippen LogP contribution in [0.2, 0.25) is 0 Å². The van der Waals surface area contributed by atoms with Crippen molar-refractivity contribution in [3.63, 3.8) is 0 Å². The topological polar surface area (TPSA) is 83.6 Å². The average Bonchev–Trinajstić information content (AvgIpc) is 3.03. The molecule has 2 heterocycles. The van der Waals surface area contributed by atoms with Crippen LogP contribution in [0.1, 0.15) is 16.7 Å². The molecule has 4 aromatic rings. The molecular weight excluding hydrogens is 358 g/mol. The van der Waals surface area contributed by atoms with E-state index in [9.17, 15) is 4.79 Å². The number of aromatic amines is 1. The molecule has 27 heavy (non-hydrogen) atoms. The largest absolute Gasteiger partial charge is 0.351 e. The number of thioether (sulfide) groups is 1. The van der Waals surface area contributed by atoms with E-state index in [4.69, 9.17) is 0 Å². The maximum Gasteiger partial charge on any atom is 0.230 e. The van der Waals surface area contributed by atoms with Crippen molar-refractivity contribution in [2.24, 2.45) is 0 Å². The van der Waals surface area contributed by atoms with Gasteiger partial charge in [-0.3, -0.25) is 4.79 Å². The van der Waals surface area contributed by atoms with Crippen LogP contribution in [-0.2, 0) is 11.3 Å². The summed E-state index contributed by atoms with van der Waals surface area (Å²) in [7, 11) is 0. The Morgan fingerprint density at radius 1 is 1.07 bits per heavy atom. The Bertz CT molecular complexity index is 1120. The number of nitrogens with one attached hydrogen (secondary N) is 2. The first kappa shape index (κ1) is 17.5. The van der Waals surface area contributed by atoms with Crippen LogP contribution in [0.3, 0.4) is 0 Å². The van der Waals surface area contributed by atoms with Gasteiger partial charge in [0.25, 0.3) is 0 Å². The molecule has 2 aromatic heterocycles.